The van der Waals surface area contributed by atoms with Gasteiger partial charge in [-0.3, -0.25) is 0 Å². The maximum absolute atomic E-state index is 3.96. The quantitative estimate of drug-likeness (QED) is 0.595. The normalized spacial score (nSPS) is 27.1. The Kier molecular flexibility index (Phi) is 3.13. The molecule has 1 fully saturated rings. The molecule has 1 heterocycles. The van der Waals surface area contributed by atoms with Gasteiger partial charge in [0.25, 0.3) is 0 Å². The highest BCUT2D eigenvalue weighted by molar-refractivity contribution is 6.79. The Labute approximate surface area is 77.5 Å². The van der Waals surface area contributed by atoms with Gasteiger partial charge in [0.1, 0.15) is 8.24 Å². The maximum atomic E-state index is 3.96. The third-order valence-corrected chi connectivity index (χ3v) is 6.19. The van der Waals surface area contributed by atoms with Gasteiger partial charge in [-0.25, -0.2) is 0 Å². The second kappa shape index (κ2) is 3.75. The van der Waals surface area contributed by atoms with Crippen molar-refractivity contribution in [3.63, 3.8) is 0 Å². The van der Waals surface area contributed by atoms with Crippen LogP contribution in [0.2, 0.25) is 13.1 Å². The zero-order valence-electron chi connectivity index (χ0n) is 8.64. The van der Waals surface area contributed by atoms with E-state index >= 15 is 0 Å². The summed E-state index contributed by atoms with van der Waals surface area (Å²) >= 11 is 0. The summed E-state index contributed by atoms with van der Waals surface area (Å²) in [7, 11) is -1.24. The van der Waals surface area contributed by atoms with Gasteiger partial charge in [0.2, 0.25) is 0 Å². The van der Waals surface area contributed by atoms with Crippen LogP contribution < -0.4 is 0 Å². The standard InChI is InChI=1S/C10H21NSi/c1-5-12(3,4)11-9-7-6-8-10(11)2/h5,10H,1,6-9H2,2-4H3. The Balaban J connectivity index is 2.64. The van der Waals surface area contributed by atoms with Crippen molar-refractivity contribution >= 4 is 8.24 Å². The van der Waals surface area contributed by atoms with Crippen molar-refractivity contribution in [3.8, 4) is 0 Å². The van der Waals surface area contributed by atoms with Crippen LogP contribution in [0.1, 0.15) is 26.2 Å². The van der Waals surface area contributed by atoms with E-state index in [2.05, 4.69) is 36.9 Å². The lowest BCUT2D eigenvalue weighted by molar-refractivity contribution is 0.263. The molecule has 0 bridgehead atoms. The number of piperidine rings is 1. The molecule has 0 aromatic heterocycles. The monoisotopic (exact) mass is 183 g/mol. The molecule has 1 rings (SSSR count). The van der Waals surface area contributed by atoms with Crippen molar-refractivity contribution < 1.29 is 0 Å². The first-order chi connectivity index (χ1) is 5.58. The lowest BCUT2D eigenvalue weighted by atomic mass is 10.1. The highest BCUT2D eigenvalue weighted by Gasteiger charge is 2.31. The van der Waals surface area contributed by atoms with Gasteiger partial charge in [-0.2, -0.15) is 0 Å². The molecule has 0 aliphatic carbocycles. The van der Waals surface area contributed by atoms with Gasteiger partial charge in [-0.05, 0) is 19.4 Å². The molecule has 0 aromatic rings. The summed E-state index contributed by atoms with van der Waals surface area (Å²) in [6.45, 7) is 12.4. The maximum Gasteiger partial charge on any atom is 0.146 e. The van der Waals surface area contributed by atoms with E-state index in [9.17, 15) is 0 Å². The van der Waals surface area contributed by atoms with Crippen molar-refractivity contribution in [2.24, 2.45) is 0 Å². The molecule has 2 heteroatoms. The smallest absolute Gasteiger partial charge is 0.146 e. The predicted octanol–water partition coefficient (Wildman–Crippen LogP) is 2.79. The fourth-order valence-corrected chi connectivity index (χ4v) is 4.31. The molecule has 0 N–H and O–H groups in total. The average molecular weight is 183 g/mol. The molecule has 1 aliphatic heterocycles. The molecule has 1 aliphatic rings. The number of hydrogen-bond donors (Lipinski definition) is 0. The minimum atomic E-state index is -1.24. The fraction of sp³-hybridized carbons (Fsp3) is 0.800. The topological polar surface area (TPSA) is 3.24 Å². The van der Waals surface area contributed by atoms with Crippen molar-refractivity contribution in [3.05, 3.63) is 12.3 Å². The third-order valence-electron chi connectivity index (χ3n) is 3.04. The van der Waals surface area contributed by atoms with E-state index in [1.54, 1.807) is 0 Å². The summed E-state index contributed by atoms with van der Waals surface area (Å²) in [5, 5.41) is 0. The van der Waals surface area contributed by atoms with Crippen LogP contribution in [-0.2, 0) is 0 Å². The molecule has 0 radical (unpaired) electrons. The largest absolute Gasteiger partial charge is 0.318 e. The van der Waals surface area contributed by atoms with E-state index in [0.717, 1.165) is 6.04 Å². The molecular formula is C10H21NSi. The van der Waals surface area contributed by atoms with Crippen molar-refractivity contribution in [2.45, 2.75) is 45.3 Å². The molecule has 0 amide bonds. The first-order valence-electron chi connectivity index (χ1n) is 4.98. The third kappa shape index (κ3) is 1.99. The van der Waals surface area contributed by atoms with E-state index in [1.165, 1.54) is 25.8 Å². The Hall–Kier alpha value is -0.0831. The van der Waals surface area contributed by atoms with Crippen molar-refractivity contribution in [1.82, 2.24) is 4.57 Å². The minimum Gasteiger partial charge on any atom is -0.318 e. The Morgan fingerprint density at radius 2 is 2.08 bits per heavy atom. The molecule has 1 unspecified atom stereocenters. The van der Waals surface area contributed by atoms with Crippen LogP contribution in [0, 0.1) is 0 Å². The summed E-state index contributed by atoms with van der Waals surface area (Å²) in [5.41, 5.74) is 2.20. The van der Waals surface area contributed by atoms with Crippen LogP contribution in [0.4, 0.5) is 0 Å². The number of hydrogen-bond acceptors (Lipinski definition) is 1. The molecule has 0 aromatic carbocycles. The van der Waals surface area contributed by atoms with E-state index in [0.29, 0.717) is 0 Å². The van der Waals surface area contributed by atoms with Gasteiger partial charge in [0.15, 0.2) is 0 Å². The summed E-state index contributed by atoms with van der Waals surface area (Å²) in [4.78, 5) is 0. The van der Waals surface area contributed by atoms with Gasteiger partial charge < -0.3 is 4.57 Å². The molecule has 1 nitrogen and oxygen atoms in total. The molecule has 12 heavy (non-hydrogen) atoms. The molecule has 1 saturated heterocycles. The van der Waals surface area contributed by atoms with Crippen LogP contribution >= 0.6 is 0 Å². The van der Waals surface area contributed by atoms with Crippen LogP contribution in [0.5, 0.6) is 0 Å². The molecule has 1 atom stereocenters. The van der Waals surface area contributed by atoms with Gasteiger partial charge in [0.05, 0.1) is 0 Å². The summed E-state index contributed by atoms with van der Waals surface area (Å²) in [5.74, 6) is 0. The van der Waals surface area contributed by atoms with Crippen LogP contribution in [0.25, 0.3) is 0 Å². The summed E-state index contributed by atoms with van der Waals surface area (Å²) < 4.78 is 2.70. The van der Waals surface area contributed by atoms with Crippen LogP contribution in [0.15, 0.2) is 12.3 Å². The number of rotatable bonds is 2. The van der Waals surface area contributed by atoms with Crippen molar-refractivity contribution in [1.29, 1.82) is 0 Å². The van der Waals surface area contributed by atoms with Gasteiger partial charge >= 0.3 is 0 Å². The highest BCUT2D eigenvalue weighted by atomic mass is 28.3. The second-order valence-corrected chi connectivity index (χ2v) is 8.69. The number of nitrogens with zero attached hydrogens (tertiary/aromatic N) is 1. The summed E-state index contributed by atoms with van der Waals surface area (Å²) in [6.07, 6.45) is 4.18. The van der Waals surface area contributed by atoms with Crippen LogP contribution in [-0.4, -0.2) is 25.4 Å². The average Bonchev–Trinajstić information content (AvgIpc) is 2.05. The van der Waals surface area contributed by atoms with Gasteiger partial charge in [-0.1, -0.05) is 32.1 Å². The minimum absolute atomic E-state index is 0.790. The lowest BCUT2D eigenvalue weighted by Gasteiger charge is -2.42. The van der Waals surface area contributed by atoms with Gasteiger partial charge in [0, 0.05) is 6.04 Å². The zero-order valence-corrected chi connectivity index (χ0v) is 9.64. The predicted molar refractivity (Wildman–Crippen MR) is 57.7 cm³/mol. The van der Waals surface area contributed by atoms with Crippen LogP contribution in [0.3, 0.4) is 0 Å². The fourth-order valence-electron chi connectivity index (χ4n) is 2.07. The lowest BCUT2D eigenvalue weighted by Crippen LogP contribution is -2.53. The van der Waals surface area contributed by atoms with Crippen molar-refractivity contribution in [2.75, 3.05) is 6.54 Å². The Bertz CT molecular complexity index is 165. The van der Waals surface area contributed by atoms with E-state index in [4.69, 9.17) is 0 Å². The molecule has 0 saturated carbocycles. The Morgan fingerprint density at radius 1 is 1.42 bits per heavy atom. The Morgan fingerprint density at radius 3 is 2.58 bits per heavy atom. The van der Waals surface area contributed by atoms with E-state index in [-0.39, 0.29) is 0 Å². The molecule has 0 spiro atoms. The summed E-state index contributed by atoms with van der Waals surface area (Å²) in [6, 6.07) is 0.790. The van der Waals surface area contributed by atoms with Gasteiger partial charge in [-0.15, -0.1) is 6.58 Å². The van der Waals surface area contributed by atoms with E-state index in [1.807, 2.05) is 0 Å². The first kappa shape index (κ1) is 10.0. The molecule has 70 valence electrons. The highest BCUT2D eigenvalue weighted by Crippen LogP contribution is 2.23. The molecular weight excluding hydrogens is 162 g/mol. The second-order valence-electron chi connectivity index (χ2n) is 4.40. The SMILES string of the molecule is C=C[Si](C)(C)N1CCCCC1C. The van der Waals surface area contributed by atoms with E-state index < -0.39 is 8.24 Å². The zero-order chi connectivity index (χ0) is 9.19. The first-order valence-corrected chi connectivity index (χ1v) is 8.01.